The monoisotopic (exact) mass is 326 g/mol. The van der Waals surface area contributed by atoms with E-state index in [0.717, 1.165) is 18.6 Å². The summed E-state index contributed by atoms with van der Waals surface area (Å²) in [5, 5.41) is 13.0. The highest BCUT2D eigenvalue weighted by Gasteiger charge is 2.72. The van der Waals surface area contributed by atoms with E-state index in [-0.39, 0.29) is 16.7 Å². The van der Waals surface area contributed by atoms with Crippen molar-refractivity contribution in [2.24, 2.45) is 21.4 Å². The number of fused-ring (bicyclic) bond motifs is 2. The molecule has 0 aromatic carbocycles. The topological polar surface area (TPSA) is 71.4 Å². The molecule has 1 N–H and O–H groups in total. The Kier molecular flexibility index (Phi) is 5.06. The Morgan fingerprint density at radius 2 is 1.74 bits per heavy atom. The zero-order chi connectivity index (χ0) is 17.3. The quantitative estimate of drug-likeness (QED) is 0.575. The van der Waals surface area contributed by atoms with Crippen molar-refractivity contribution in [3.8, 4) is 0 Å². The summed E-state index contributed by atoms with van der Waals surface area (Å²) in [4.78, 5) is 15.3. The first-order valence-electron chi connectivity index (χ1n) is 8.29. The zero-order valence-corrected chi connectivity index (χ0v) is 15.0. The van der Waals surface area contributed by atoms with Crippen LogP contribution in [0.2, 0.25) is 0 Å². The van der Waals surface area contributed by atoms with E-state index in [4.69, 9.17) is 9.47 Å². The SMILES string of the molecule is COCCN(CCOC)C(=O)C12CCC(C)(/C(=N/O)C1)C2(C)C. The Morgan fingerprint density at radius 3 is 2.17 bits per heavy atom. The number of carbonyl (C=O) groups excluding carboxylic acids is 1. The van der Waals surface area contributed by atoms with Gasteiger partial charge < -0.3 is 19.6 Å². The van der Waals surface area contributed by atoms with Crippen LogP contribution in [0.3, 0.4) is 0 Å². The normalized spacial score (nSPS) is 33.3. The van der Waals surface area contributed by atoms with Crippen LogP contribution < -0.4 is 0 Å². The fourth-order valence-corrected chi connectivity index (χ4v) is 4.53. The zero-order valence-electron chi connectivity index (χ0n) is 15.0. The first kappa shape index (κ1) is 18.2. The molecule has 6 nitrogen and oxygen atoms in total. The van der Waals surface area contributed by atoms with Gasteiger partial charge in [-0.1, -0.05) is 25.9 Å². The van der Waals surface area contributed by atoms with Crippen molar-refractivity contribution in [1.29, 1.82) is 0 Å². The first-order valence-corrected chi connectivity index (χ1v) is 8.29. The van der Waals surface area contributed by atoms with Crippen molar-refractivity contribution in [2.75, 3.05) is 40.5 Å². The number of methoxy groups -OCH3 is 2. The van der Waals surface area contributed by atoms with Gasteiger partial charge in [-0.3, -0.25) is 4.79 Å². The van der Waals surface area contributed by atoms with E-state index in [1.54, 1.807) is 14.2 Å². The summed E-state index contributed by atoms with van der Waals surface area (Å²) < 4.78 is 10.3. The molecule has 2 rings (SSSR count). The molecule has 0 aromatic heterocycles. The van der Waals surface area contributed by atoms with Crippen molar-refractivity contribution >= 4 is 11.6 Å². The van der Waals surface area contributed by atoms with Crippen LogP contribution >= 0.6 is 0 Å². The largest absolute Gasteiger partial charge is 0.411 e. The maximum Gasteiger partial charge on any atom is 0.229 e. The highest BCUT2D eigenvalue weighted by molar-refractivity contribution is 6.02. The summed E-state index contributed by atoms with van der Waals surface area (Å²) in [6.07, 6.45) is 2.26. The van der Waals surface area contributed by atoms with Gasteiger partial charge in [0.25, 0.3) is 0 Å². The number of hydrogen-bond donors (Lipinski definition) is 1. The van der Waals surface area contributed by atoms with E-state index < -0.39 is 5.41 Å². The highest BCUT2D eigenvalue weighted by Crippen LogP contribution is 2.71. The minimum absolute atomic E-state index is 0.138. The molecule has 2 bridgehead atoms. The van der Waals surface area contributed by atoms with Crippen LogP contribution in [0.5, 0.6) is 0 Å². The predicted octanol–water partition coefficient (Wildman–Crippen LogP) is 2.15. The van der Waals surface area contributed by atoms with Gasteiger partial charge in [-0.05, 0) is 18.3 Å². The van der Waals surface area contributed by atoms with Crippen molar-refractivity contribution < 1.29 is 19.5 Å². The fourth-order valence-electron chi connectivity index (χ4n) is 4.53. The standard InChI is InChI=1S/C17H30N2O4/c1-15(2)16(3)6-7-17(15,12-13(16)18-21)14(20)19(8-10-22-4)9-11-23-5/h21H,6-12H2,1-5H3/b18-13+. The average Bonchev–Trinajstić information content (AvgIpc) is 2.84. The maximum atomic E-state index is 13.4. The molecule has 0 aromatic rings. The molecule has 1 amide bonds. The number of ether oxygens (including phenoxy) is 2. The van der Waals surface area contributed by atoms with Gasteiger partial charge >= 0.3 is 0 Å². The van der Waals surface area contributed by atoms with Crippen LogP contribution in [-0.2, 0) is 14.3 Å². The van der Waals surface area contributed by atoms with Gasteiger partial charge in [-0.2, -0.15) is 0 Å². The summed E-state index contributed by atoms with van der Waals surface area (Å²) in [6.45, 7) is 8.52. The van der Waals surface area contributed by atoms with Gasteiger partial charge in [-0.15, -0.1) is 0 Å². The van der Waals surface area contributed by atoms with Gasteiger partial charge in [0.2, 0.25) is 5.91 Å². The number of oxime groups is 1. The fraction of sp³-hybridized carbons (Fsp3) is 0.882. The van der Waals surface area contributed by atoms with E-state index in [1.807, 2.05) is 4.90 Å². The minimum Gasteiger partial charge on any atom is -0.411 e. The molecule has 0 spiro atoms. The second-order valence-corrected chi connectivity index (χ2v) is 7.54. The van der Waals surface area contributed by atoms with Crippen LogP contribution in [0, 0.1) is 16.2 Å². The van der Waals surface area contributed by atoms with Crippen LogP contribution in [0.1, 0.15) is 40.0 Å². The summed E-state index contributed by atoms with van der Waals surface area (Å²) >= 11 is 0. The molecule has 0 saturated heterocycles. The second kappa shape index (κ2) is 6.40. The smallest absolute Gasteiger partial charge is 0.229 e. The number of carbonyl (C=O) groups is 1. The molecule has 23 heavy (non-hydrogen) atoms. The molecule has 132 valence electrons. The van der Waals surface area contributed by atoms with Gasteiger partial charge in [-0.25, -0.2) is 0 Å². The van der Waals surface area contributed by atoms with Gasteiger partial charge in [0.1, 0.15) is 0 Å². The van der Waals surface area contributed by atoms with E-state index in [0.29, 0.717) is 32.7 Å². The first-order chi connectivity index (χ1) is 10.8. The molecule has 2 fully saturated rings. The minimum atomic E-state index is -0.495. The van der Waals surface area contributed by atoms with Crippen molar-refractivity contribution in [1.82, 2.24) is 4.90 Å². The van der Waals surface area contributed by atoms with E-state index in [2.05, 4.69) is 25.9 Å². The average molecular weight is 326 g/mol. The van der Waals surface area contributed by atoms with Crippen LogP contribution in [0.15, 0.2) is 5.16 Å². The van der Waals surface area contributed by atoms with Crippen molar-refractivity contribution in [2.45, 2.75) is 40.0 Å². The van der Waals surface area contributed by atoms with Gasteiger partial charge in [0.05, 0.1) is 24.3 Å². The molecule has 6 heteroatoms. The van der Waals surface area contributed by atoms with E-state index >= 15 is 0 Å². The molecule has 2 aliphatic rings. The van der Waals surface area contributed by atoms with Crippen LogP contribution in [0.4, 0.5) is 0 Å². The Bertz CT molecular complexity index is 483. The van der Waals surface area contributed by atoms with E-state index in [1.165, 1.54) is 0 Å². The van der Waals surface area contributed by atoms with Crippen molar-refractivity contribution in [3.05, 3.63) is 0 Å². The molecule has 2 saturated carbocycles. The predicted molar refractivity (Wildman–Crippen MR) is 87.7 cm³/mol. The Hall–Kier alpha value is -1.14. The lowest BCUT2D eigenvalue weighted by Crippen LogP contribution is -2.50. The van der Waals surface area contributed by atoms with Crippen LogP contribution in [-0.4, -0.2) is 62.2 Å². The molecular formula is C17H30N2O4. The Morgan fingerprint density at radius 1 is 1.17 bits per heavy atom. The second-order valence-electron chi connectivity index (χ2n) is 7.54. The molecule has 0 aliphatic heterocycles. The van der Waals surface area contributed by atoms with Crippen molar-refractivity contribution in [3.63, 3.8) is 0 Å². The third-order valence-electron chi connectivity index (χ3n) is 6.68. The number of rotatable bonds is 7. The number of amides is 1. The Balaban J connectivity index is 2.32. The third-order valence-corrected chi connectivity index (χ3v) is 6.68. The maximum absolute atomic E-state index is 13.4. The van der Waals surface area contributed by atoms with Crippen LogP contribution in [0.25, 0.3) is 0 Å². The highest BCUT2D eigenvalue weighted by atomic mass is 16.5. The molecule has 0 radical (unpaired) electrons. The molecule has 2 atom stereocenters. The number of hydrogen-bond acceptors (Lipinski definition) is 5. The molecule has 0 heterocycles. The van der Waals surface area contributed by atoms with Gasteiger partial charge in [0, 0.05) is 39.1 Å². The van der Waals surface area contributed by atoms with E-state index in [9.17, 15) is 10.0 Å². The van der Waals surface area contributed by atoms with Gasteiger partial charge in [0.15, 0.2) is 0 Å². The summed E-state index contributed by atoms with van der Waals surface area (Å²) in [5.41, 5.74) is -0.187. The lowest BCUT2D eigenvalue weighted by atomic mass is 9.64. The summed E-state index contributed by atoms with van der Waals surface area (Å²) in [7, 11) is 3.28. The third kappa shape index (κ3) is 2.47. The molecule has 2 aliphatic carbocycles. The number of nitrogens with zero attached hydrogens (tertiary/aromatic N) is 2. The molecule has 2 unspecified atom stereocenters. The lowest BCUT2D eigenvalue weighted by Gasteiger charge is -2.42. The molecular weight excluding hydrogens is 296 g/mol. The summed E-state index contributed by atoms with van der Waals surface area (Å²) in [6, 6.07) is 0. The lowest BCUT2D eigenvalue weighted by molar-refractivity contribution is -0.148. The summed E-state index contributed by atoms with van der Waals surface area (Å²) in [5.74, 6) is 0.138. The Labute approximate surface area is 138 Å².